The highest BCUT2D eigenvalue weighted by molar-refractivity contribution is 5.85. The van der Waals surface area contributed by atoms with E-state index in [1.807, 2.05) is 0 Å². The fourth-order valence-corrected chi connectivity index (χ4v) is 9.75. The van der Waals surface area contributed by atoms with Gasteiger partial charge in [-0.05, 0) is 81.6 Å². The normalized spacial score (nSPS) is 55.2. The molecule has 0 amide bonds. The van der Waals surface area contributed by atoms with Crippen LogP contribution in [0.1, 0.15) is 71.6 Å². The molecular formula is C29H42O10. The van der Waals surface area contributed by atoms with Crippen molar-refractivity contribution in [3.8, 4) is 0 Å². The summed E-state index contributed by atoms with van der Waals surface area (Å²) in [6.45, 7) is 3.98. The van der Waals surface area contributed by atoms with Crippen molar-refractivity contribution in [1.29, 1.82) is 0 Å². The predicted molar refractivity (Wildman–Crippen MR) is 135 cm³/mol. The standard InChI is InChI=1S/C29H42O10/c1-15-22(32)23(33)24(34)25(38-15)39-17-3-8-27(14-30)19-4-7-26(2)18(16-11-21(31)37-13-16)6-10-29(26,36)20(19)5-9-28(27,35)12-17/h11,14-15,17-20,22-25,32-36H,3-10,12-13H2,1-2H3/t15?,17-,18?,19-,20+,22-,23?,24-,25-,26+,27-,28-,29-/m0/s1. The van der Waals surface area contributed by atoms with Gasteiger partial charge in [0, 0.05) is 17.9 Å². The molecule has 0 aromatic rings. The van der Waals surface area contributed by atoms with Gasteiger partial charge in [-0.15, -0.1) is 0 Å². The molecule has 0 aromatic heterocycles. The van der Waals surface area contributed by atoms with Gasteiger partial charge in [0.15, 0.2) is 6.29 Å². The fraction of sp³-hybridized carbons (Fsp3) is 0.862. The highest BCUT2D eigenvalue weighted by Gasteiger charge is 2.71. The number of fused-ring (bicyclic) bond motifs is 5. The van der Waals surface area contributed by atoms with Crippen LogP contribution in [0.2, 0.25) is 0 Å². The summed E-state index contributed by atoms with van der Waals surface area (Å²) in [5.74, 6) is -0.616. The number of carbonyl (C=O) groups excluding carboxylic acids is 2. The van der Waals surface area contributed by atoms with E-state index in [-0.39, 0.29) is 36.8 Å². The van der Waals surface area contributed by atoms with Crippen LogP contribution >= 0.6 is 0 Å². The Kier molecular flexibility index (Phi) is 6.62. The number of carbonyl (C=O) groups is 2. The van der Waals surface area contributed by atoms with Crippen molar-refractivity contribution >= 4 is 12.3 Å². The van der Waals surface area contributed by atoms with Crippen molar-refractivity contribution < 1.29 is 49.3 Å². The first kappa shape index (κ1) is 27.8. The lowest BCUT2D eigenvalue weighted by molar-refractivity contribution is -0.317. The zero-order valence-electron chi connectivity index (χ0n) is 22.7. The lowest BCUT2D eigenvalue weighted by atomic mass is 9.41. The summed E-state index contributed by atoms with van der Waals surface area (Å²) in [5, 5.41) is 55.0. The van der Waals surface area contributed by atoms with Gasteiger partial charge < -0.3 is 44.5 Å². The summed E-state index contributed by atoms with van der Waals surface area (Å²) in [6.07, 6.45) is 0.689. The maximum atomic E-state index is 13.0. The first-order valence-electron chi connectivity index (χ1n) is 14.5. The molecule has 10 nitrogen and oxygen atoms in total. The number of cyclic esters (lactones) is 1. The molecule has 0 radical (unpaired) electrons. The molecule has 3 unspecified atom stereocenters. The SMILES string of the molecule is CC1O[C@@H](O[C@H]2CC[C@]3(C=O)[C@H]4CC[C@]5(C)C(C6=CC(=O)OC6)CC[C@]5(O)[C@@H]4CC[C@]3(O)C2)[C@@H](O)C(O)[C@H]1O. The topological polar surface area (TPSA) is 163 Å². The molecule has 0 aromatic carbocycles. The van der Waals surface area contributed by atoms with Gasteiger partial charge in [-0.3, -0.25) is 0 Å². The van der Waals surface area contributed by atoms with E-state index in [4.69, 9.17) is 14.2 Å². The Labute approximate surface area is 228 Å². The number of esters is 1. The number of aliphatic hydroxyl groups is 5. The molecular weight excluding hydrogens is 508 g/mol. The Morgan fingerprint density at radius 1 is 0.974 bits per heavy atom. The van der Waals surface area contributed by atoms with E-state index < -0.39 is 58.8 Å². The van der Waals surface area contributed by atoms with Crippen molar-refractivity contribution in [2.75, 3.05) is 6.61 Å². The molecule has 4 aliphatic carbocycles. The summed E-state index contributed by atoms with van der Waals surface area (Å²) in [6, 6.07) is 0. The second kappa shape index (κ2) is 9.31. The summed E-state index contributed by atoms with van der Waals surface area (Å²) in [4.78, 5) is 24.8. The first-order valence-corrected chi connectivity index (χ1v) is 14.5. The number of aliphatic hydroxyl groups excluding tert-OH is 3. The van der Waals surface area contributed by atoms with Gasteiger partial charge in [0.1, 0.15) is 31.2 Å². The number of hydrogen-bond donors (Lipinski definition) is 5. The smallest absolute Gasteiger partial charge is 0.331 e. The molecule has 0 spiro atoms. The van der Waals surface area contributed by atoms with Crippen molar-refractivity contribution in [3.63, 3.8) is 0 Å². The highest BCUT2D eigenvalue weighted by atomic mass is 16.7. The maximum Gasteiger partial charge on any atom is 0.331 e. The van der Waals surface area contributed by atoms with Gasteiger partial charge in [0.05, 0.1) is 28.8 Å². The van der Waals surface area contributed by atoms with E-state index in [1.54, 1.807) is 13.0 Å². The van der Waals surface area contributed by atoms with Crippen LogP contribution in [0, 0.1) is 28.6 Å². The van der Waals surface area contributed by atoms with Gasteiger partial charge in [0.2, 0.25) is 0 Å². The minimum atomic E-state index is -1.43. The summed E-state index contributed by atoms with van der Waals surface area (Å²) in [5.41, 5.74) is -2.86. The number of rotatable bonds is 4. The Bertz CT molecular complexity index is 1050. The van der Waals surface area contributed by atoms with Crippen LogP contribution in [0.5, 0.6) is 0 Å². The molecule has 13 atom stereocenters. The maximum absolute atomic E-state index is 13.0. The predicted octanol–water partition coefficient (Wildman–Crippen LogP) is 0.750. The average molecular weight is 551 g/mol. The van der Waals surface area contributed by atoms with Gasteiger partial charge >= 0.3 is 5.97 Å². The zero-order chi connectivity index (χ0) is 28.0. The molecule has 6 aliphatic rings. The van der Waals surface area contributed by atoms with Crippen LogP contribution in [0.4, 0.5) is 0 Å². The van der Waals surface area contributed by atoms with E-state index >= 15 is 0 Å². The minimum absolute atomic E-state index is 0.0465. The molecule has 2 heterocycles. The molecule has 218 valence electrons. The monoisotopic (exact) mass is 550 g/mol. The number of aldehydes is 1. The Morgan fingerprint density at radius 2 is 1.72 bits per heavy atom. The van der Waals surface area contributed by atoms with Crippen LogP contribution in [-0.4, -0.2) is 92.4 Å². The third kappa shape index (κ3) is 3.78. The minimum Gasteiger partial charge on any atom is -0.458 e. The van der Waals surface area contributed by atoms with Crippen LogP contribution < -0.4 is 0 Å². The second-order valence-electron chi connectivity index (χ2n) is 13.4. The Balaban J connectivity index is 1.22. The largest absolute Gasteiger partial charge is 0.458 e. The highest BCUT2D eigenvalue weighted by Crippen LogP contribution is 2.70. The summed E-state index contributed by atoms with van der Waals surface area (Å²) in [7, 11) is 0. The number of hydrogen-bond acceptors (Lipinski definition) is 10. The van der Waals surface area contributed by atoms with E-state index in [2.05, 4.69) is 6.92 Å². The van der Waals surface area contributed by atoms with E-state index in [0.29, 0.717) is 44.9 Å². The molecule has 5 fully saturated rings. The fourth-order valence-electron chi connectivity index (χ4n) is 9.75. The average Bonchev–Trinajstić information content (AvgIpc) is 3.45. The lowest BCUT2D eigenvalue weighted by Gasteiger charge is -2.65. The Hall–Kier alpha value is -1.40. The van der Waals surface area contributed by atoms with Crippen LogP contribution in [0.25, 0.3) is 0 Å². The zero-order valence-corrected chi connectivity index (χ0v) is 22.7. The third-order valence-electron chi connectivity index (χ3n) is 12.0. The van der Waals surface area contributed by atoms with Crippen LogP contribution in [0.15, 0.2) is 11.6 Å². The molecule has 5 N–H and O–H groups in total. The molecule has 1 saturated heterocycles. The van der Waals surface area contributed by atoms with Gasteiger partial charge in [-0.25, -0.2) is 4.79 Å². The number of ether oxygens (including phenoxy) is 3. The molecule has 6 rings (SSSR count). The summed E-state index contributed by atoms with van der Waals surface area (Å²) >= 11 is 0. The van der Waals surface area contributed by atoms with Crippen molar-refractivity contribution in [1.82, 2.24) is 0 Å². The second-order valence-corrected chi connectivity index (χ2v) is 13.4. The van der Waals surface area contributed by atoms with E-state index in [9.17, 15) is 35.1 Å². The summed E-state index contributed by atoms with van der Waals surface area (Å²) < 4.78 is 16.9. The van der Waals surface area contributed by atoms with Crippen LogP contribution in [0.3, 0.4) is 0 Å². The Morgan fingerprint density at radius 3 is 2.41 bits per heavy atom. The van der Waals surface area contributed by atoms with Crippen molar-refractivity contribution in [2.45, 2.75) is 120 Å². The van der Waals surface area contributed by atoms with E-state index in [0.717, 1.165) is 18.3 Å². The van der Waals surface area contributed by atoms with Gasteiger partial charge in [-0.1, -0.05) is 6.92 Å². The van der Waals surface area contributed by atoms with Gasteiger partial charge in [0.25, 0.3) is 0 Å². The quantitative estimate of drug-likeness (QED) is 0.192. The van der Waals surface area contributed by atoms with E-state index in [1.165, 1.54) is 0 Å². The van der Waals surface area contributed by atoms with Crippen molar-refractivity contribution in [3.05, 3.63) is 11.6 Å². The van der Waals surface area contributed by atoms with Crippen molar-refractivity contribution in [2.24, 2.45) is 28.6 Å². The first-order chi connectivity index (χ1) is 18.4. The van der Waals surface area contributed by atoms with Crippen LogP contribution in [-0.2, 0) is 23.8 Å². The van der Waals surface area contributed by atoms with Gasteiger partial charge in [-0.2, -0.15) is 0 Å². The molecule has 39 heavy (non-hydrogen) atoms. The molecule has 2 aliphatic heterocycles. The third-order valence-corrected chi connectivity index (χ3v) is 12.0. The molecule has 0 bridgehead atoms. The lowest BCUT2D eigenvalue weighted by Crippen LogP contribution is -2.69. The molecule has 10 heteroatoms. The molecule has 4 saturated carbocycles.